The van der Waals surface area contributed by atoms with Crippen molar-refractivity contribution in [1.29, 1.82) is 5.26 Å². The van der Waals surface area contributed by atoms with E-state index in [1.807, 2.05) is 0 Å². The molecule has 1 atom stereocenters. The Labute approximate surface area is 124 Å². The Morgan fingerprint density at radius 1 is 1.37 bits per heavy atom. The summed E-state index contributed by atoms with van der Waals surface area (Å²) in [5.41, 5.74) is -0.175. The Morgan fingerprint density at radius 2 is 2.00 bits per heavy atom. The van der Waals surface area contributed by atoms with Crippen LogP contribution in [0, 0.1) is 22.7 Å². The Kier molecular flexibility index (Phi) is 4.40. The molecule has 0 radical (unpaired) electrons. The van der Waals surface area contributed by atoms with Crippen LogP contribution >= 0.6 is 23.2 Å². The van der Waals surface area contributed by atoms with E-state index in [0.717, 1.165) is 12.8 Å². The molecule has 0 saturated heterocycles. The monoisotopic (exact) mass is 297 g/mol. The molecule has 19 heavy (non-hydrogen) atoms. The van der Waals surface area contributed by atoms with E-state index in [4.69, 9.17) is 23.2 Å². The van der Waals surface area contributed by atoms with Gasteiger partial charge in [0.25, 0.3) is 0 Å². The number of rotatable bonds is 2. The fourth-order valence-electron chi connectivity index (χ4n) is 2.75. The van der Waals surface area contributed by atoms with E-state index >= 15 is 0 Å². The van der Waals surface area contributed by atoms with Crippen LogP contribution in [0.2, 0.25) is 10.0 Å². The van der Waals surface area contributed by atoms with Crippen LogP contribution in [0.5, 0.6) is 0 Å². The summed E-state index contributed by atoms with van der Waals surface area (Å²) in [4.78, 5) is 0. The van der Waals surface area contributed by atoms with Crippen molar-refractivity contribution in [2.75, 3.05) is 0 Å². The van der Waals surface area contributed by atoms with Crippen LogP contribution in [-0.4, -0.2) is 5.11 Å². The highest BCUT2D eigenvalue weighted by atomic mass is 35.5. The number of nitrogens with zero attached hydrogens (tertiary/aromatic N) is 1. The second kappa shape index (κ2) is 5.71. The lowest BCUT2D eigenvalue weighted by Crippen LogP contribution is -2.32. The van der Waals surface area contributed by atoms with Crippen LogP contribution in [0.3, 0.4) is 0 Å². The molecule has 4 heteroatoms. The third-order valence-corrected chi connectivity index (χ3v) is 4.74. The SMILES string of the molecule is CC1CCC(C#N)(C(O)c2cc(Cl)ccc2Cl)CC1. The first-order chi connectivity index (χ1) is 8.98. The minimum Gasteiger partial charge on any atom is -0.387 e. The highest BCUT2D eigenvalue weighted by Crippen LogP contribution is 2.48. The van der Waals surface area contributed by atoms with Gasteiger partial charge in [0, 0.05) is 15.6 Å². The lowest BCUT2D eigenvalue weighted by molar-refractivity contribution is 0.0267. The van der Waals surface area contributed by atoms with Gasteiger partial charge in [0.2, 0.25) is 0 Å². The second-order valence-corrected chi connectivity index (χ2v) is 6.36. The maximum atomic E-state index is 10.6. The average Bonchev–Trinajstić information content (AvgIpc) is 2.42. The van der Waals surface area contributed by atoms with Crippen LogP contribution < -0.4 is 0 Å². The number of benzene rings is 1. The molecular formula is C15H17Cl2NO. The molecule has 1 aromatic rings. The third kappa shape index (κ3) is 2.89. The van der Waals surface area contributed by atoms with E-state index in [1.165, 1.54) is 0 Å². The minimum atomic E-state index is -0.879. The fourth-order valence-corrected chi connectivity index (χ4v) is 3.15. The number of halogens is 2. The van der Waals surface area contributed by atoms with Gasteiger partial charge < -0.3 is 5.11 Å². The predicted octanol–water partition coefficient (Wildman–Crippen LogP) is 4.75. The number of aliphatic hydroxyl groups is 1. The molecule has 1 N–H and O–H groups in total. The molecule has 0 bridgehead atoms. The Bertz CT molecular complexity index is 501. The largest absolute Gasteiger partial charge is 0.387 e. The van der Waals surface area contributed by atoms with Crippen molar-refractivity contribution in [3.8, 4) is 6.07 Å². The number of aliphatic hydroxyl groups excluding tert-OH is 1. The molecule has 2 nitrogen and oxygen atoms in total. The van der Waals surface area contributed by atoms with Crippen molar-refractivity contribution in [2.24, 2.45) is 11.3 Å². The molecular weight excluding hydrogens is 281 g/mol. The summed E-state index contributed by atoms with van der Waals surface area (Å²) in [5, 5.41) is 21.1. The van der Waals surface area contributed by atoms with Crippen LogP contribution in [0.15, 0.2) is 18.2 Å². The zero-order valence-electron chi connectivity index (χ0n) is 10.9. The summed E-state index contributed by atoms with van der Waals surface area (Å²) in [6, 6.07) is 7.34. The molecule has 1 unspecified atom stereocenters. The standard InChI is InChI=1S/C15H17Cl2NO/c1-10-4-6-15(9-18,7-5-10)14(19)12-8-11(16)2-3-13(12)17/h2-3,8,10,14,19H,4-7H2,1H3. The molecule has 102 valence electrons. The molecule has 1 aliphatic carbocycles. The summed E-state index contributed by atoms with van der Waals surface area (Å²) in [7, 11) is 0. The molecule has 0 aromatic heterocycles. The molecule has 2 rings (SSSR count). The number of hydrogen-bond acceptors (Lipinski definition) is 2. The Morgan fingerprint density at radius 3 is 2.58 bits per heavy atom. The first kappa shape index (κ1) is 14.7. The first-order valence-corrected chi connectivity index (χ1v) is 7.28. The van der Waals surface area contributed by atoms with Gasteiger partial charge in [0.1, 0.15) is 0 Å². The van der Waals surface area contributed by atoms with Crippen LogP contribution in [-0.2, 0) is 0 Å². The van der Waals surface area contributed by atoms with E-state index in [9.17, 15) is 10.4 Å². The Balaban J connectivity index is 2.33. The fraction of sp³-hybridized carbons (Fsp3) is 0.533. The van der Waals surface area contributed by atoms with Gasteiger partial charge in [0.15, 0.2) is 0 Å². The van der Waals surface area contributed by atoms with Gasteiger partial charge >= 0.3 is 0 Å². The highest BCUT2D eigenvalue weighted by molar-refractivity contribution is 6.33. The number of nitriles is 1. The summed E-state index contributed by atoms with van der Waals surface area (Å²) in [6.07, 6.45) is 2.45. The van der Waals surface area contributed by atoms with E-state index in [2.05, 4.69) is 13.0 Å². The van der Waals surface area contributed by atoms with Crippen LogP contribution in [0.4, 0.5) is 0 Å². The molecule has 0 heterocycles. The van der Waals surface area contributed by atoms with E-state index in [0.29, 0.717) is 34.4 Å². The molecule has 0 amide bonds. The van der Waals surface area contributed by atoms with E-state index in [1.54, 1.807) is 18.2 Å². The Hall–Kier alpha value is -0.750. The zero-order valence-corrected chi connectivity index (χ0v) is 12.4. The maximum Gasteiger partial charge on any atom is 0.0991 e. The quantitative estimate of drug-likeness (QED) is 0.856. The van der Waals surface area contributed by atoms with Crippen molar-refractivity contribution in [3.05, 3.63) is 33.8 Å². The normalized spacial score (nSPS) is 28.7. The smallest absolute Gasteiger partial charge is 0.0991 e. The summed E-state index contributed by atoms with van der Waals surface area (Å²) in [6.45, 7) is 2.18. The van der Waals surface area contributed by atoms with Gasteiger partial charge in [-0.05, 0) is 49.8 Å². The molecule has 1 saturated carbocycles. The van der Waals surface area contributed by atoms with E-state index in [-0.39, 0.29) is 0 Å². The summed E-state index contributed by atoms with van der Waals surface area (Å²) >= 11 is 12.1. The molecule has 1 fully saturated rings. The van der Waals surface area contributed by atoms with Gasteiger partial charge in [-0.15, -0.1) is 0 Å². The van der Waals surface area contributed by atoms with Crippen molar-refractivity contribution in [2.45, 2.75) is 38.7 Å². The predicted molar refractivity (Wildman–Crippen MR) is 77.1 cm³/mol. The lowest BCUT2D eigenvalue weighted by atomic mass is 9.67. The molecule has 0 aliphatic heterocycles. The maximum absolute atomic E-state index is 10.6. The van der Waals surface area contributed by atoms with Gasteiger partial charge in [0.05, 0.1) is 17.6 Å². The average molecular weight is 298 g/mol. The topological polar surface area (TPSA) is 44.0 Å². The molecule has 1 aliphatic rings. The van der Waals surface area contributed by atoms with Gasteiger partial charge in [-0.2, -0.15) is 5.26 Å². The lowest BCUT2D eigenvalue weighted by Gasteiger charge is -2.37. The zero-order chi connectivity index (χ0) is 14.0. The van der Waals surface area contributed by atoms with Crippen molar-refractivity contribution in [3.63, 3.8) is 0 Å². The van der Waals surface area contributed by atoms with Gasteiger partial charge in [-0.1, -0.05) is 30.1 Å². The molecule has 1 aromatic carbocycles. The summed E-state index contributed by atoms with van der Waals surface area (Å²) in [5.74, 6) is 0.614. The third-order valence-electron chi connectivity index (χ3n) is 4.17. The summed E-state index contributed by atoms with van der Waals surface area (Å²) < 4.78 is 0. The highest BCUT2D eigenvalue weighted by Gasteiger charge is 2.42. The van der Waals surface area contributed by atoms with Gasteiger partial charge in [-0.3, -0.25) is 0 Å². The van der Waals surface area contributed by atoms with Gasteiger partial charge in [-0.25, -0.2) is 0 Å². The van der Waals surface area contributed by atoms with Crippen molar-refractivity contribution >= 4 is 23.2 Å². The van der Waals surface area contributed by atoms with Crippen molar-refractivity contribution < 1.29 is 5.11 Å². The number of hydrogen-bond donors (Lipinski definition) is 1. The van der Waals surface area contributed by atoms with Crippen LogP contribution in [0.25, 0.3) is 0 Å². The van der Waals surface area contributed by atoms with Crippen molar-refractivity contribution in [1.82, 2.24) is 0 Å². The first-order valence-electron chi connectivity index (χ1n) is 6.53. The van der Waals surface area contributed by atoms with E-state index < -0.39 is 11.5 Å². The minimum absolute atomic E-state index is 0.463. The second-order valence-electron chi connectivity index (χ2n) is 5.52. The molecule has 0 spiro atoms. The van der Waals surface area contributed by atoms with Crippen LogP contribution in [0.1, 0.15) is 44.3 Å².